The Balaban J connectivity index is 1.89. The van der Waals surface area contributed by atoms with Crippen molar-refractivity contribution in [3.05, 3.63) is 70.1 Å². The zero-order valence-corrected chi connectivity index (χ0v) is 20.0. The van der Waals surface area contributed by atoms with Crippen molar-refractivity contribution in [1.29, 1.82) is 0 Å². The number of aryl methyl sites for hydroxylation is 1. The first-order chi connectivity index (χ1) is 16.7. The highest BCUT2D eigenvalue weighted by molar-refractivity contribution is 7.91. The zero-order valence-electron chi connectivity index (χ0n) is 19.2. The van der Waals surface area contributed by atoms with Crippen LogP contribution >= 0.6 is 0 Å². The molecule has 0 saturated heterocycles. The summed E-state index contributed by atoms with van der Waals surface area (Å²) in [5.41, 5.74) is -1.78. The third-order valence-corrected chi connectivity index (χ3v) is 7.18. The minimum atomic E-state index is -4.77. The van der Waals surface area contributed by atoms with Gasteiger partial charge in [0, 0.05) is 20.2 Å². The molecule has 0 saturated carbocycles. The number of aromatic nitrogens is 3. The van der Waals surface area contributed by atoms with Crippen LogP contribution in [0.2, 0.25) is 0 Å². The van der Waals surface area contributed by atoms with Crippen LogP contribution in [0.5, 0.6) is 0 Å². The van der Waals surface area contributed by atoms with Crippen molar-refractivity contribution in [2.75, 3.05) is 5.75 Å². The Kier molecular flexibility index (Phi) is 6.46. The molecule has 2 aromatic carbocycles. The lowest BCUT2D eigenvalue weighted by atomic mass is 10.0. The minimum Gasteiger partial charge on any atom is -0.611 e. The molecule has 0 amide bonds. The molecule has 0 fully saturated rings. The molecule has 0 spiro atoms. The SMILES string of the molecule is CC[S+]([O-])c1cc(-c2ccc(C(F)(F)F)cc2)ccc1-c1nc2cc(C(F)(F)F)n(C)c(=O)c2n1C. The summed E-state index contributed by atoms with van der Waals surface area (Å²) >= 11 is -1.56. The Morgan fingerprint density at radius 1 is 0.889 bits per heavy atom. The average molecular weight is 527 g/mol. The summed E-state index contributed by atoms with van der Waals surface area (Å²) in [6.45, 7) is 1.67. The first-order valence-corrected chi connectivity index (χ1v) is 11.9. The van der Waals surface area contributed by atoms with Gasteiger partial charge in [0.05, 0.1) is 16.6 Å². The van der Waals surface area contributed by atoms with Gasteiger partial charge in [-0.2, -0.15) is 26.3 Å². The van der Waals surface area contributed by atoms with Crippen molar-refractivity contribution in [2.24, 2.45) is 14.1 Å². The van der Waals surface area contributed by atoms with Crippen LogP contribution < -0.4 is 5.56 Å². The normalized spacial score (nSPS) is 13.4. The molecule has 0 aliphatic rings. The second-order valence-electron chi connectivity index (χ2n) is 8.04. The summed E-state index contributed by atoms with van der Waals surface area (Å²) in [7, 11) is 2.50. The molecule has 2 aromatic heterocycles. The highest BCUT2D eigenvalue weighted by Crippen LogP contribution is 2.36. The number of imidazole rings is 1. The summed E-state index contributed by atoms with van der Waals surface area (Å²) in [6.07, 6.45) is -9.25. The number of nitrogens with zero attached hydrogens (tertiary/aromatic N) is 3. The molecule has 1 atom stereocenters. The third kappa shape index (κ3) is 4.50. The van der Waals surface area contributed by atoms with Crippen molar-refractivity contribution in [3.63, 3.8) is 0 Å². The Morgan fingerprint density at radius 2 is 1.50 bits per heavy atom. The van der Waals surface area contributed by atoms with Crippen molar-refractivity contribution in [1.82, 2.24) is 14.1 Å². The molecule has 5 nitrogen and oxygen atoms in total. The highest BCUT2D eigenvalue weighted by atomic mass is 32.2. The van der Waals surface area contributed by atoms with Gasteiger partial charge < -0.3 is 13.7 Å². The number of hydrogen-bond donors (Lipinski definition) is 0. The van der Waals surface area contributed by atoms with Crippen molar-refractivity contribution >= 4 is 22.2 Å². The Morgan fingerprint density at radius 3 is 2.06 bits per heavy atom. The summed E-state index contributed by atoms with van der Waals surface area (Å²) in [5, 5.41) is 0. The number of fused-ring (bicyclic) bond motifs is 1. The lowest BCUT2D eigenvalue weighted by molar-refractivity contribution is -0.143. The lowest BCUT2D eigenvalue weighted by Crippen LogP contribution is -2.26. The fourth-order valence-electron chi connectivity index (χ4n) is 3.96. The van der Waals surface area contributed by atoms with Crippen LogP contribution in [0.4, 0.5) is 26.3 Å². The molecule has 4 rings (SSSR count). The molecule has 0 N–H and O–H groups in total. The molecule has 2 heterocycles. The smallest absolute Gasteiger partial charge is 0.431 e. The summed E-state index contributed by atoms with van der Waals surface area (Å²) in [4.78, 5) is 17.3. The molecule has 0 radical (unpaired) electrons. The van der Waals surface area contributed by atoms with E-state index in [0.29, 0.717) is 26.2 Å². The van der Waals surface area contributed by atoms with Gasteiger partial charge in [-0.25, -0.2) is 4.98 Å². The predicted octanol–water partition coefficient (Wildman–Crippen LogP) is 5.77. The summed E-state index contributed by atoms with van der Waals surface area (Å²) < 4.78 is 93.7. The fraction of sp³-hybridized carbons (Fsp3) is 0.250. The van der Waals surface area contributed by atoms with E-state index in [1.54, 1.807) is 25.1 Å². The van der Waals surface area contributed by atoms with Gasteiger partial charge in [-0.15, -0.1) is 0 Å². The molecule has 4 aromatic rings. The Labute approximate surface area is 204 Å². The van der Waals surface area contributed by atoms with Crippen LogP contribution in [0.1, 0.15) is 18.2 Å². The summed E-state index contributed by atoms with van der Waals surface area (Å²) in [5.74, 6) is 0.338. The standard InChI is InChI=1S/C24H19F6N3O2S/c1-4-36(35)18-11-14(13-5-8-15(9-6-13)23(25,26)27)7-10-16(18)21-31-17-12-19(24(28,29)30)32(2)22(34)20(17)33(21)3/h5-12H,4H2,1-3H3. The van der Waals surface area contributed by atoms with Crippen LogP contribution in [0, 0.1) is 0 Å². The average Bonchev–Trinajstić information content (AvgIpc) is 3.15. The monoisotopic (exact) mass is 527 g/mol. The number of hydrogen-bond acceptors (Lipinski definition) is 3. The molecule has 1 unspecified atom stereocenters. The van der Waals surface area contributed by atoms with Gasteiger partial charge in [-0.1, -0.05) is 18.2 Å². The van der Waals surface area contributed by atoms with E-state index in [9.17, 15) is 35.7 Å². The van der Waals surface area contributed by atoms with E-state index in [1.165, 1.54) is 23.7 Å². The maximum absolute atomic E-state index is 13.4. The van der Waals surface area contributed by atoms with Crippen molar-refractivity contribution < 1.29 is 30.9 Å². The van der Waals surface area contributed by atoms with Crippen LogP contribution in [-0.4, -0.2) is 24.4 Å². The molecule has 12 heteroatoms. The van der Waals surface area contributed by atoms with Gasteiger partial charge in [0.1, 0.15) is 22.8 Å². The maximum atomic E-state index is 13.4. The molecule has 0 bridgehead atoms. The van der Waals surface area contributed by atoms with Crippen molar-refractivity contribution in [3.8, 4) is 22.5 Å². The fourth-order valence-corrected chi connectivity index (χ4v) is 4.94. The number of halogens is 6. The third-order valence-electron chi connectivity index (χ3n) is 5.83. The van der Waals surface area contributed by atoms with Crippen LogP contribution in [-0.2, 0) is 37.6 Å². The van der Waals surface area contributed by atoms with Crippen molar-refractivity contribution in [2.45, 2.75) is 24.2 Å². The molecule has 190 valence electrons. The van der Waals surface area contributed by atoms with E-state index in [4.69, 9.17) is 0 Å². The molecular weight excluding hydrogens is 508 g/mol. The topological polar surface area (TPSA) is 62.9 Å². The summed E-state index contributed by atoms with van der Waals surface area (Å²) in [6, 6.07) is 9.96. The Bertz CT molecular complexity index is 1500. The van der Waals surface area contributed by atoms with Gasteiger partial charge in [0.15, 0.2) is 4.90 Å². The van der Waals surface area contributed by atoms with Gasteiger partial charge in [-0.3, -0.25) is 4.79 Å². The zero-order chi connectivity index (χ0) is 26.6. The first kappa shape index (κ1) is 25.8. The Hall–Kier alpha value is -3.25. The minimum absolute atomic E-state index is 0.0550. The molecule has 36 heavy (non-hydrogen) atoms. The molecular formula is C24H19F6N3O2S. The number of benzene rings is 2. The second kappa shape index (κ2) is 9.00. The van der Waals surface area contributed by atoms with E-state index in [2.05, 4.69) is 4.98 Å². The predicted molar refractivity (Wildman–Crippen MR) is 124 cm³/mol. The van der Waals surface area contributed by atoms with Crippen LogP contribution in [0.3, 0.4) is 0 Å². The quantitative estimate of drug-likeness (QED) is 0.250. The maximum Gasteiger partial charge on any atom is 0.431 e. The van der Waals surface area contributed by atoms with Crippen LogP contribution in [0.15, 0.2) is 58.2 Å². The first-order valence-electron chi connectivity index (χ1n) is 10.6. The van der Waals surface area contributed by atoms with E-state index >= 15 is 0 Å². The number of alkyl halides is 6. The second-order valence-corrected chi connectivity index (χ2v) is 9.75. The van der Waals surface area contributed by atoms with E-state index < -0.39 is 40.3 Å². The largest absolute Gasteiger partial charge is 0.611 e. The van der Waals surface area contributed by atoms with Gasteiger partial charge in [0.25, 0.3) is 5.56 Å². The van der Waals surface area contributed by atoms with E-state index in [0.717, 1.165) is 25.2 Å². The van der Waals surface area contributed by atoms with Gasteiger partial charge >= 0.3 is 12.4 Å². The van der Waals surface area contributed by atoms with Gasteiger partial charge in [0.2, 0.25) is 0 Å². The van der Waals surface area contributed by atoms with E-state index in [1.807, 2.05) is 0 Å². The highest BCUT2D eigenvalue weighted by Gasteiger charge is 2.35. The van der Waals surface area contributed by atoms with Crippen LogP contribution in [0.25, 0.3) is 33.5 Å². The molecule has 0 aliphatic carbocycles. The molecule has 0 aliphatic heterocycles. The number of pyridine rings is 1. The van der Waals surface area contributed by atoms with E-state index in [-0.39, 0.29) is 22.6 Å². The van der Waals surface area contributed by atoms with Gasteiger partial charge in [-0.05, 0) is 53.5 Å². The lowest BCUT2D eigenvalue weighted by Gasteiger charge is -2.15. The number of rotatable bonds is 4.